The molecular weight excluding hydrogens is 228 g/mol. The smallest absolute Gasteiger partial charge is 0.276 e. The van der Waals surface area contributed by atoms with E-state index in [1.165, 1.54) is 11.0 Å². The number of para-hydroxylation sites is 1. The van der Waals surface area contributed by atoms with Crippen LogP contribution in [0.4, 0.5) is 0 Å². The monoisotopic (exact) mass is 244 g/mol. The minimum atomic E-state index is -0.0813. The summed E-state index contributed by atoms with van der Waals surface area (Å²) >= 11 is 0. The first-order chi connectivity index (χ1) is 8.76. The average molecular weight is 244 g/mol. The Kier molecular flexibility index (Phi) is 3.72. The third kappa shape index (κ3) is 2.40. The van der Waals surface area contributed by atoms with Gasteiger partial charge in [-0.1, -0.05) is 18.2 Å². The van der Waals surface area contributed by atoms with Gasteiger partial charge in [0.25, 0.3) is 5.91 Å². The normalized spacial score (nSPS) is 10.3. The summed E-state index contributed by atoms with van der Waals surface area (Å²) in [6, 6.07) is 9.53. The fourth-order valence-corrected chi connectivity index (χ4v) is 1.72. The van der Waals surface area contributed by atoms with E-state index in [4.69, 9.17) is 0 Å². The van der Waals surface area contributed by atoms with Crippen LogP contribution in [0, 0.1) is 0 Å². The molecule has 0 aliphatic heterocycles. The second-order valence-corrected chi connectivity index (χ2v) is 3.83. The van der Waals surface area contributed by atoms with Crippen molar-refractivity contribution in [1.29, 1.82) is 0 Å². The summed E-state index contributed by atoms with van der Waals surface area (Å²) in [7, 11) is 0. The topological polar surface area (TPSA) is 51.0 Å². The average Bonchev–Trinajstić information content (AvgIpc) is 2.90. The van der Waals surface area contributed by atoms with E-state index in [0.717, 1.165) is 5.69 Å². The molecule has 94 valence electrons. The Morgan fingerprint density at radius 2 is 1.89 bits per heavy atom. The number of rotatable bonds is 4. The van der Waals surface area contributed by atoms with E-state index < -0.39 is 0 Å². The van der Waals surface area contributed by atoms with E-state index in [1.807, 2.05) is 44.2 Å². The second kappa shape index (κ2) is 5.44. The summed E-state index contributed by atoms with van der Waals surface area (Å²) < 4.78 is 0. The van der Waals surface area contributed by atoms with Crippen molar-refractivity contribution >= 4 is 5.91 Å². The van der Waals surface area contributed by atoms with Gasteiger partial charge in [-0.15, -0.1) is 5.10 Å². The van der Waals surface area contributed by atoms with E-state index in [-0.39, 0.29) is 5.91 Å². The molecule has 0 saturated carbocycles. The van der Waals surface area contributed by atoms with Gasteiger partial charge in [-0.05, 0) is 26.0 Å². The molecule has 2 rings (SSSR count). The summed E-state index contributed by atoms with van der Waals surface area (Å²) in [5, 5.41) is 8.33. The molecule has 0 bridgehead atoms. The first-order valence-electron chi connectivity index (χ1n) is 6.03. The number of carbonyl (C=O) groups is 1. The maximum atomic E-state index is 12.1. The lowest BCUT2D eigenvalue weighted by atomic mass is 10.3. The molecule has 0 aliphatic carbocycles. The van der Waals surface area contributed by atoms with E-state index in [1.54, 1.807) is 4.90 Å². The Morgan fingerprint density at radius 3 is 2.50 bits per heavy atom. The molecular formula is C13H16N4O. The van der Waals surface area contributed by atoms with E-state index >= 15 is 0 Å². The lowest BCUT2D eigenvalue weighted by Crippen LogP contribution is -2.30. The third-order valence-corrected chi connectivity index (χ3v) is 2.75. The molecule has 0 spiro atoms. The number of aromatic nitrogens is 3. The molecule has 5 heteroatoms. The van der Waals surface area contributed by atoms with Crippen LogP contribution in [0.25, 0.3) is 5.69 Å². The first-order valence-corrected chi connectivity index (χ1v) is 6.03. The highest BCUT2D eigenvalue weighted by molar-refractivity contribution is 5.91. The highest BCUT2D eigenvalue weighted by Crippen LogP contribution is 2.06. The predicted octanol–water partition coefficient (Wildman–Crippen LogP) is 1.75. The van der Waals surface area contributed by atoms with E-state index in [9.17, 15) is 4.79 Å². The van der Waals surface area contributed by atoms with Gasteiger partial charge in [0, 0.05) is 13.1 Å². The standard InChI is InChI=1S/C13H16N4O/c1-3-16(4-2)13(18)12-10-14-17(15-12)11-8-6-5-7-9-11/h5-10H,3-4H2,1-2H3. The fourth-order valence-electron chi connectivity index (χ4n) is 1.72. The van der Waals surface area contributed by atoms with Gasteiger partial charge in [-0.25, -0.2) is 0 Å². The van der Waals surface area contributed by atoms with E-state index in [2.05, 4.69) is 10.2 Å². The SMILES string of the molecule is CCN(CC)C(=O)c1cnn(-c2ccccc2)n1. The van der Waals surface area contributed by atoms with Crippen LogP contribution in [0.15, 0.2) is 36.5 Å². The summed E-state index contributed by atoms with van der Waals surface area (Å²) in [6.45, 7) is 5.24. The Bertz CT molecular complexity index is 517. The molecule has 0 aliphatic rings. The summed E-state index contributed by atoms with van der Waals surface area (Å²) in [5.74, 6) is -0.0813. The van der Waals surface area contributed by atoms with Crippen LogP contribution in [-0.2, 0) is 0 Å². The van der Waals surface area contributed by atoms with Crippen LogP contribution in [0.2, 0.25) is 0 Å². The van der Waals surface area contributed by atoms with Crippen LogP contribution in [0.5, 0.6) is 0 Å². The van der Waals surface area contributed by atoms with Gasteiger partial charge < -0.3 is 4.90 Å². The third-order valence-electron chi connectivity index (χ3n) is 2.75. The Morgan fingerprint density at radius 1 is 1.22 bits per heavy atom. The zero-order chi connectivity index (χ0) is 13.0. The Labute approximate surface area is 106 Å². The van der Waals surface area contributed by atoms with Gasteiger partial charge in [0.2, 0.25) is 0 Å². The summed E-state index contributed by atoms with van der Waals surface area (Å²) in [4.78, 5) is 15.3. The molecule has 0 atom stereocenters. The van der Waals surface area contributed by atoms with Crippen molar-refractivity contribution < 1.29 is 4.79 Å². The van der Waals surface area contributed by atoms with Crippen molar-refractivity contribution in [1.82, 2.24) is 19.9 Å². The van der Waals surface area contributed by atoms with Gasteiger partial charge in [0.05, 0.1) is 11.9 Å². The molecule has 18 heavy (non-hydrogen) atoms. The quantitative estimate of drug-likeness (QED) is 0.823. The van der Waals surface area contributed by atoms with Crippen molar-refractivity contribution in [3.8, 4) is 5.69 Å². The Hall–Kier alpha value is -2.17. The van der Waals surface area contributed by atoms with Crippen molar-refractivity contribution in [2.24, 2.45) is 0 Å². The molecule has 0 saturated heterocycles. The second-order valence-electron chi connectivity index (χ2n) is 3.83. The lowest BCUT2D eigenvalue weighted by Gasteiger charge is -2.16. The zero-order valence-corrected chi connectivity index (χ0v) is 10.6. The number of nitrogens with zero attached hydrogens (tertiary/aromatic N) is 4. The molecule has 1 heterocycles. The number of hydrogen-bond acceptors (Lipinski definition) is 3. The van der Waals surface area contributed by atoms with Crippen LogP contribution in [0.3, 0.4) is 0 Å². The minimum Gasteiger partial charge on any atom is -0.338 e. The van der Waals surface area contributed by atoms with Gasteiger partial charge in [0.1, 0.15) is 0 Å². The van der Waals surface area contributed by atoms with Gasteiger partial charge in [0.15, 0.2) is 5.69 Å². The fraction of sp³-hybridized carbons (Fsp3) is 0.308. The maximum Gasteiger partial charge on any atom is 0.276 e. The number of hydrogen-bond donors (Lipinski definition) is 0. The van der Waals surface area contributed by atoms with Crippen LogP contribution >= 0.6 is 0 Å². The molecule has 5 nitrogen and oxygen atoms in total. The largest absolute Gasteiger partial charge is 0.338 e. The molecule has 1 aromatic carbocycles. The van der Waals surface area contributed by atoms with Crippen LogP contribution < -0.4 is 0 Å². The predicted molar refractivity (Wildman–Crippen MR) is 68.6 cm³/mol. The van der Waals surface area contributed by atoms with Crippen molar-refractivity contribution in [2.75, 3.05) is 13.1 Å². The number of carbonyl (C=O) groups excluding carboxylic acids is 1. The Balaban J connectivity index is 2.23. The van der Waals surface area contributed by atoms with Crippen molar-refractivity contribution in [3.05, 3.63) is 42.2 Å². The van der Waals surface area contributed by atoms with E-state index in [0.29, 0.717) is 18.8 Å². The van der Waals surface area contributed by atoms with Gasteiger partial charge >= 0.3 is 0 Å². The first kappa shape index (κ1) is 12.3. The number of benzene rings is 1. The van der Waals surface area contributed by atoms with Crippen molar-refractivity contribution in [2.45, 2.75) is 13.8 Å². The molecule has 2 aromatic rings. The molecule has 0 N–H and O–H groups in total. The number of amides is 1. The van der Waals surface area contributed by atoms with Gasteiger partial charge in [-0.3, -0.25) is 4.79 Å². The maximum absolute atomic E-state index is 12.1. The molecule has 0 radical (unpaired) electrons. The van der Waals surface area contributed by atoms with Crippen LogP contribution in [-0.4, -0.2) is 38.9 Å². The highest BCUT2D eigenvalue weighted by atomic mass is 16.2. The molecule has 0 fully saturated rings. The van der Waals surface area contributed by atoms with Gasteiger partial charge in [-0.2, -0.15) is 9.90 Å². The highest BCUT2D eigenvalue weighted by Gasteiger charge is 2.16. The molecule has 1 aromatic heterocycles. The minimum absolute atomic E-state index is 0.0813. The molecule has 1 amide bonds. The lowest BCUT2D eigenvalue weighted by molar-refractivity contribution is 0.0766. The summed E-state index contributed by atoms with van der Waals surface area (Å²) in [6.07, 6.45) is 1.51. The molecule has 0 unspecified atom stereocenters. The summed E-state index contributed by atoms with van der Waals surface area (Å²) in [5.41, 5.74) is 1.22. The zero-order valence-electron chi connectivity index (χ0n) is 10.6. The van der Waals surface area contributed by atoms with Crippen LogP contribution in [0.1, 0.15) is 24.3 Å². The van der Waals surface area contributed by atoms with Crippen molar-refractivity contribution in [3.63, 3.8) is 0 Å².